The third kappa shape index (κ3) is 4.67. The minimum atomic E-state index is -3.88. The van der Waals surface area contributed by atoms with Gasteiger partial charge in [-0.25, -0.2) is 21.9 Å². The van der Waals surface area contributed by atoms with E-state index in [1.807, 2.05) is 0 Å². The summed E-state index contributed by atoms with van der Waals surface area (Å²) in [5.74, 6) is -2.13. The second-order valence-electron chi connectivity index (χ2n) is 5.78. The first-order valence-corrected chi connectivity index (χ1v) is 9.65. The normalized spacial score (nSPS) is 11.4. The van der Waals surface area contributed by atoms with Gasteiger partial charge in [-0.3, -0.25) is 4.79 Å². The fraction of sp³-hybridized carbons (Fsp3) is 0.222. The number of nitrogens with zero attached hydrogens (tertiary/aromatic N) is 1. The second-order valence-corrected chi connectivity index (χ2v) is 8.30. The molecule has 0 fully saturated rings. The lowest BCUT2D eigenvalue weighted by Crippen LogP contribution is -2.23. The number of ether oxygens (including phenoxy) is 2. The highest BCUT2D eigenvalue weighted by molar-refractivity contribution is 7.89. The fourth-order valence-electron chi connectivity index (χ4n) is 2.21. The molecule has 2 rings (SSSR count). The number of halogens is 2. The number of Topliss-reactive ketones (excluding diaryl/α,β-unsaturated/α-hetero) is 1. The highest BCUT2D eigenvalue weighted by Gasteiger charge is 2.23. The van der Waals surface area contributed by atoms with Gasteiger partial charge in [0.25, 0.3) is 0 Å². The molecule has 0 bridgehead atoms. The van der Waals surface area contributed by atoms with Gasteiger partial charge >= 0.3 is 5.97 Å². The summed E-state index contributed by atoms with van der Waals surface area (Å²) in [5.41, 5.74) is -0.189. The number of rotatable bonds is 7. The molecule has 0 saturated carbocycles. The van der Waals surface area contributed by atoms with E-state index in [1.165, 1.54) is 39.4 Å². The van der Waals surface area contributed by atoms with E-state index in [9.17, 15) is 22.4 Å². The molecule has 28 heavy (non-hydrogen) atoms. The average molecular weight is 430 g/mol. The summed E-state index contributed by atoms with van der Waals surface area (Å²) < 4.78 is 48.8. The highest BCUT2D eigenvalue weighted by atomic mass is 35.5. The SMILES string of the molecule is COc1ccc(F)cc1C(=O)COC(=O)c1ccc(Cl)c(S(=O)(=O)N(C)C)c1. The highest BCUT2D eigenvalue weighted by Crippen LogP contribution is 2.25. The number of esters is 1. The first-order chi connectivity index (χ1) is 13.1. The van der Waals surface area contributed by atoms with Gasteiger partial charge in [0.05, 0.1) is 23.3 Å². The average Bonchev–Trinajstić information content (AvgIpc) is 2.65. The van der Waals surface area contributed by atoms with Crippen molar-refractivity contribution in [2.75, 3.05) is 27.8 Å². The van der Waals surface area contributed by atoms with Gasteiger partial charge in [0.2, 0.25) is 15.8 Å². The largest absolute Gasteiger partial charge is 0.496 e. The third-order valence-electron chi connectivity index (χ3n) is 3.72. The van der Waals surface area contributed by atoms with E-state index in [0.29, 0.717) is 0 Å². The standard InChI is InChI=1S/C18H17ClFNO6S/c1-21(2)28(24,25)17-8-11(4-6-14(17)19)18(23)27-10-15(22)13-9-12(20)5-7-16(13)26-3/h4-9H,10H2,1-3H3. The van der Waals surface area contributed by atoms with Crippen LogP contribution in [0.4, 0.5) is 4.39 Å². The zero-order valence-electron chi connectivity index (χ0n) is 15.2. The monoisotopic (exact) mass is 429 g/mol. The molecule has 0 aliphatic carbocycles. The summed E-state index contributed by atoms with van der Waals surface area (Å²) in [7, 11) is 0.0750. The molecule has 0 radical (unpaired) electrons. The van der Waals surface area contributed by atoms with Crippen molar-refractivity contribution in [1.82, 2.24) is 4.31 Å². The van der Waals surface area contributed by atoms with E-state index in [1.54, 1.807) is 0 Å². The molecule has 0 spiro atoms. The van der Waals surface area contributed by atoms with Gasteiger partial charge in [-0.2, -0.15) is 0 Å². The van der Waals surface area contributed by atoms with Crippen molar-refractivity contribution < 1.29 is 31.9 Å². The molecule has 0 aromatic heterocycles. The van der Waals surface area contributed by atoms with Gasteiger partial charge in [-0.05, 0) is 36.4 Å². The lowest BCUT2D eigenvalue weighted by molar-refractivity contribution is 0.0473. The van der Waals surface area contributed by atoms with E-state index in [2.05, 4.69) is 0 Å². The maximum atomic E-state index is 13.4. The maximum absolute atomic E-state index is 13.4. The van der Waals surface area contributed by atoms with Crippen molar-refractivity contribution in [1.29, 1.82) is 0 Å². The van der Waals surface area contributed by atoms with Crippen LogP contribution in [0, 0.1) is 5.82 Å². The fourth-order valence-corrected chi connectivity index (χ4v) is 3.61. The Balaban J connectivity index is 2.20. The molecule has 0 aliphatic heterocycles. The first kappa shape index (κ1) is 21.8. The molecule has 0 unspecified atom stereocenters. The lowest BCUT2D eigenvalue weighted by atomic mass is 10.1. The Kier molecular flexibility index (Phi) is 6.76. The molecule has 0 aliphatic rings. The zero-order chi connectivity index (χ0) is 21.1. The maximum Gasteiger partial charge on any atom is 0.338 e. The van der Waals surface area contributed by atoms with Crippen molar-refractivity contribution >= 4 is 33.4 Å². The van der Waals surface area contributed by atoms with E-state index in [0.717, 1.165) is 22.5 Å². The Labute approximate surface area is 166 Å². The Morgan fingerprint density at radius 2 is 1.82 bits per heavy atom. The number of ketones is 1. The molecule has 0 saturated heterocycles. The van der Waals surface area contributed by atoms with Crippen LogP contribution in [0.5, 0.6) is 5.75 Å². The van der Waals surface area contributed by atoms with Crippen molar-refractivity contribution in [2.45, 2.75) is 4.90 Å². The van der Waals surface area contributed by atoms with Crippen LogP contribution in [-0.4, -0.2) is 52.3 Å². The minimum Gasteiger partial charge on any atom is -0.496 e. The molecule has 0 amide bonds. The van der Waals surface area contributed by atoms with Crippen molar-refractivity contribution in [2.24, 2.45) is 0 Å². The van der Waals surface area contributed by atoms with Crippen molar-refractivity contribution in [3.63, 3.8) is 0 Å². The molecule has 0 N–H and O–H groups in total. The molecule has 7 nitrogen and oxygen atoms in total. The van der Waals surface area contributed by atoms with Crippen LogP contribution in [0.2, 0.25) is 5.02 Å². The van der Waals surface area contributed by atoms with E-state index in [4.69, 9.17) is 21.1 Å². The van der Waals surface area contributed by atoms with Crippen molar-refractivity contribution in [3.8, 4) is 5.75 Å². The number of carbonyl (C=O) groups excluding carboxylic acids is 2. The van der Waals surface area contributed by atoms with Crippen LogP contribution >= 0.6 is 11.6 Å². The summed E-state index contributed by atoms with van der Waals surface area (Å²) in [6, 6.07) is 6.95. The second kappa shape index (κ2) is 8.68. The van der Waals surface area contributed by atoms with Gasteiger partial charge in [-0.1, -0.05) is 11.6 Å². The molecule has 10 heteroatoms. The molecule has 2 aromatic rings. The summed E-state index contributed by atoms with van der Waals surface area (Å²) in [5, 5.41) is -0.0641. The minimum absolute atomic E-state index is 0.0641. The Morgan fingerprint density at radius 1 is 1.14 bits per heavy atom. The van der Waals surface area contributed by atoms with Gasteiger partial charge in [0.15, 0.2) is 6.61 Å². The number of carbonyl (C=O) groups is 2. The van der Waals surface area contributed by atoms with Crippen LogP contribution in [-0.2, 0) is 14.8 Å². The van der Waals surface area contributed by atoms with Crippen molar-refractivity contribution in [3.05, 3.63) is 58.4 Å². The van der Waals surface area contributed by atoms with Crippen LogP contribution in [0.25, 0.3) is 0 Å². The number of hydrogen-bond acceptors (Lipinski definition) is 6. The molecule has 2 aromatic carbocycles. The Morgan fingerprint density at radius 3 is 2.43 bits per heavy atom. The van der Waals surface area contributed by atoms with E-state index >= 15 is 0 Å². The Bertz CT molecular complexity index is 1020. The molecule has 150 valence electrons. The quantitative estimate of drug-likeness (QED) is 0.496. The first-order valence-electron chi connectivity index (χ1n) is 7.84. The number of methoxy groups -OCH3 is 1. The van der Waals surface area contributed by atoms with Crippen LogP contribution in [0.3, 0.4) is 0 Å². The molecular formula is C18H17ClFNO6S. The van der Waals surface area contributed by atoms with Crippen LogP contribution in [0.1, 0.15) is 20.7 Å². The van der Waals surface area contributed by atoms with Gasteiger partial charge in [0.1, 0.15) is 16.5 Å². The summed E-state index contributed by atoms with van der Waals surface area (Å²) in [4.78, 5) is 24.2. The number of benzene rings is 2. The Hall–Kier alpha value is -2.49. The van der Waals surface area contributed by atoms with Crippen LogP contribution < -0.4 is 4.74 Å². The topological polar surface area (TPSA) is 90.0 Å². The lowest BCUT2D eigenvalue weighted by Gasteiger charge is -2.13. The summed E-state index contributed by atoms with van der Waals surface area (Å²) in [6.07, 6.45) is 0. The summed E-state index contributed by atoms with van der Waals surface area (Å²) >= 11 is 5.92. The van der Waals surface area contributed by atoms with Gasteiger partial charge in [-0.15, -0.1) is 0 Å². The van der Waals surface area contributed by atoms with E-state index < -0.39 is 34.2 Å². The molecule has 0 heterocycles. The number of sulfonamides is 1. The predicted molar refractivity (Wildman–Crippen MR) is 99.9 cm³/mol. The molecular weight excluding hydrogens is 413 g/mol. The van der Waals surface area contributed by atoms with Gasteiger partial charge < -0.3 is 9.47 Å². The predicted octanol–water partition coefficient (Wildman–Crippen LogP) is 2.78. The zero-order valence-corrected chi connectivity index (χ0v) is 16.8. The van der Waals surface area contributed by atoms with Crippen LogP contribution in [0.15, 0.2) is 41.3 Å². The summed E-state index contributed by atoms with van der Waals surface area (Å²) in [6.45, 7) is -0.683. The number of hydrogen-bond donors (Lipinski definition) is 0. The smallest absolute Gasteiger partial charge is 0.338 e. The third-order valence-corrected chi connectivity index (χ3v) is 6.02. The van der Waals surface area contributed by atoms with E-state index in [-0.39, 0.29) is 26.8 Å². The molecule has 0 atom stereocenters. The van der Waals surface area contributed by atoms with Gasteiger partial charge in [0, 0.05) is 14.1 Å².